The topological polar surface area (TPSA) is 67.9 Å². The third-order valence-electron chi connectivity index (χ3n) is 4.92. The van der Waals surface area contributed by atoms with Crippen LogP contribution in [-0.4, -0.2) is 27.8 Å². The second-order valence-corrected chi connectivity index (χ2v) is 9.10. The molecule has 1 aliphatic rings. The van der Waals surface area contributed by atoms with Gasteiger partial charge >= 0.3 is 0 Å². The summed E-state index contributed by atoms with van der Waals surface area (Å²) in [6.45, 7) is 4.47. The van der Waals surface area contributed by atoms with Crippen LogP contribution in [-0.2, 0) is 11.4 Å². The normalized spacial score (nSPS) is 14.2. The molecule has 0 atom stereocenters. The molecule has 0 unspecified atom stereocenters. The van der Waals surface area contributed by atoms with E-state index in [9.17, 15) is 9.59 Å². The van der Waals surface area contributed by atoms with Crippen LogP contribution in [0.15, 0.2) is 96.4 Å². The Labute approximate surface area is 213 Å². The number of thiocarbonyl (C=S) groups is 1. The molecule has 3 aromatic carbocycles. The lowest BCUT2D eigenvalue weighted by molar-refractivity contribution is -0.123. The van der Waals surface area contributed by atoms with Crippen LogP contribution in [0.2, 0.25) is 0 Å². The SMILES string of the molecule is C=CCOc1ccc(C=C2SC(=S)N(NC(=O)c3ccc(OCc4ccccc4)cc3)C2=O)cc1. The number of carbonyl (C=O) groups is 2. The fourth-order valence-electron chi connectivity index (χ4n) is 3.14. The van der Waals surface area contributed by atoms with Gasteiger partial charge in [0.05, 0.1) is 4.91 Å². The molecule has 0 spiro atoms. The first kappa shape index (κ1) is 24.3. The minimum atomic E-state index is -0.444. The molecular weight excluding hydrogens is 480 g/mol. The van der Waals surface area contributed by atoms with Crippen molar-refractivity contribution in [2.75, 3.05) is 6.61 Å². The summed E-state index contributed by atoms with van der Waals surface area (Å²) >= 11 is 6.44. The standard InChI is InChI=1S/C27H22N2O4S2/c1-2-16-32-22-12-8-19(9-13-22)17-24-26(31)29(27(34)35-24)28-25(30)21-10-14-23(15-11-21)33-18-20-6-4-3-5-7-20/h2-15,17H,1,16,18H2,(H,28,30). The summed E-state index contributed by atoms with van der Waals surface area (Å²) in [5.41, 5.74) is 4.84. The van der Waals surface area contributed by atoms with Crippen LogP contribution in [0.3, 0.4) is 0 Å². The lowest BCUT2D eigenvalue weighted by Gasteiger charge is -2.15. The molecule has 35 heavy (non-hydrogen) atoms. The maximum absolute atomic E-state index is 12.8. The molecule has 1 saturated heterocycles. The van der Waals surface area contributed by atoms with Crippen molar-refractivity contribution in [3.05, 3.63) is 113 Å². The Kier molecular flexibility index (Phi) is 7.97. The number of ether oxygens (including phenoxy) is 2. The first-order valence-electron chi connectivity index (χ1n) is 10.7. The van der Waals surface area contributed by atoms with Gasteiger partial charge in [0.1, 0.15) is 24.7 Å². The summed E-state index contributed by atoms with van der Waals surface area (Å²) in [6, 6.07) is 23.8. The van der Waals surface area contributed by atoms with E-state index < -0.39 is 5.91 Å². The molecule has 4 rings (SSSR count). The molecule has 0 aromatic heterocycles. The lowest BCUT2D eigenvalue weighted by Crippen LogP contribution is -2.44. The smallest absolute Gasteiger partial charge is 0.285 e. The molecule has 3 aromatic rings. The largest absolute Gasteiger partial charge is 0.490 e. The zero-order valence-corrected chi connectivity index (χ0v) is 20.3. The van der Waals surface area contributed by atoms with E-state index in [0.717, 1.165) is 27.9 Å². The van der Waals surface area contributed by atoms with Gasteiger partial charge in [0.2, 0.25) is 0 Å². The van der Waals surface area contributed by atoms with Crippen LogP contribution in [0.5, 0.6) is 11.5 Å². The molecule has 6 nitrogen and oxygen atoms in total. The Hall–Kier alpha value is -3.88. The van der Waals surface area contributed by atoms with E-state index in [1.54, 1.807) is 36.4 Å². The Morgan fingerprint density at radius 3 is 2.31 bits per heavy atom. The molecule has 1 aliphatic heterocycles. The van der Waals surface area contributed by atoms with Crippen LogP contribution >= 0.6 is 24.0 Å². The summed E-state index contributed by atoms with van der Waals surface area (Å²) in [5.74, 6) is 0.516. The van der Waals surface area contributed by atoms with E-state index in [-0.39, 0.29) is 10.2 Å². The first-order chi connectivity index (χ1) is 17.0. The predicted octanol–water partition coefficient (Wildman–Crippen LogP) is 5.38. The highest BCUT2D eigenvalue weighted by Gasteiger charge is 2.33. The van der Waals surface area contributed by atoms with Crippen molar-refractivity contribution in [3.63, 3.8) is 0 Å². The van der Waals surface area contributed by atoms with Crippen molar-refractivity contribution >= 4 is 46.2 Å². The lowest BCUT2D eigenvalue weighted by atomic mass is 10.2. The number of nitrogens with zero attached hydrogens (tertiary/aromatic N) is 1. The molecule has 8 heteroatoms. The van der Waals surface area contributed by atoms with Gasteiger partial charge in [0.25, 0.3) is 11.8 Å². The monoisotopic (exact) mass is 502 g/mol. The Morgan fingerprint density at radius 1 is 0.971 bits per heavy atom. The highest BCUT2D eigenvalue weighted by Crippen LogP contribution is 2.31. The second kappa shape index (κ2) is 11.5. The molecular formula is C27H22N2O4S2. The van der Waals surface area contributed by atoms with Gasteiger partial charge in [-0.1, -0.05) is 66.9 Å². The van der Waals surface area contributed by atoms with Crippen molar-refractivity contribution in [3.8, 4) is 11.5 Å². The van der Waals surface area contributed by atoms with Gasteiger partial charge in [-0.25, -0.2) is 0 Å². The van der Waals surface area contributed by atoms with E-state index in [1.807, 2.05) is 54.6 Å². The maximum Gasteiger partial charge on any atom is 0.285 e. The van der Waals surface area contributed by atoms with Crippen molar-refractivity contribution in [2.45, 2.75) is 6.61 Å². The van der Waals surface area contributed by atoms with Gasteiger partial charge in [0.15, 0.2) is 4.32 Å². The fourth-order valence-corrected chi connectivity index (χ4v) is 4.32. The van der Waals surface area contributed by atoms with Crippen molar-refractivity contribution in [2.24, 2.45) is 0 Å². The summed E-state index contributed by atoms with van der Waals surface area (Å²) in [7, 11) is 0. The highest BCUT2D eigenvalue weighted by atomic mass is 32.2. The number of carbonyl (C=O) groups excluding carboxylic acids is 2. The van der Waals surface area contributed by atoms with Crippen LogP contribution in [0, 0.1) is 0 Å². The molecule has 0 bridgehead atoms. The average Bonchev–Trinajstić information content (AvgIpc) is 3.15. The Morgan fingerprint density at radius 2 is 1.63 bits per heavy atom. The van der Waals surface area contributed by atoms with Gasteiger partial charge < -0.3 is 9.47 Å². The minimum Gasteiger partial charge on any atom is -0.490 e. The summed E-state index contributed by atoms with van der Waals surface area (Å²) in [4.78, 5) is 26.0. The van der Waals surface area contributed by atoms with Crippen molar-refractivity contribution in [1.29, 1.82) is 0 Å². The molecule has 0 radical (unpaired) electrons. The first-order valence-corrected chi connectivity index (χ1v) is 12.0. The van der Waals surface area contributed by atoms with E-state index in [4.69, 9.17) is 21.7 Å². The molecule has 1 heterocycles. The van der Waals surface area contributed by atoms with Crippen molar-refractivity contribution < 1.29 is 19.1 Å². The third-order valence-corrected chi connectivity index (χ3v) is 6.22. The summed E-state index contributed by atoms with van der Waals surface area (Å²) < 4.78 is 11.5. The molecule has 0 aliphatic carbocycles. The zero-order valence-electron chi connectivity index (χ0n) is 18.7. The number of thioether (sulfide) groups is 1. The summed E-state index contributed by atoms with van der Waals surface area (Å²) in [6.07, 6.45) is 3.39. The van der Waals surface area contributed by atoms with Gasteiger partial charge in [-0.05, 0) is 65.8 Å². The van der Waals surface area contributed by atoms with Gasteiger partial charge in [-0.3, -0.25) is 15.0 Å². The Balaban J connectivity index is 1.35. The van der Waals surface area contributed by atoms with E-state index in [1.165, 1.54) is 0 Å². The van der Waals surface area contributed by atoms with E-state index in [0.29, 0.717) is 35.2 Å². The Bertz CT molecular complexity index is 1260. The van der Waals surface area contributed by atoms with Crippen LogP contribution < -0.4 is 14.9 Å². The van der Waals surface area contributed by atoms with Crippen LogP contribution in [0.25, 0.3) is 6.08 Å². The molecule has 0 saturated carbocycles. The minimum absolute atomic E-state index is 0.253. The van der Waals surface area contributed by atoms with Crippen LogP contribution in [0.4, 0.5) is 0 Å². The fraction of sp³-hybridized carbons (Fsp3) is 0.0741. The number of hydrogen-bond acceptors (Lipinski definition) is 6. The number of hydrogen-bond donors (Lipinski definition) is 1. The van der Waals surface area contributed by atoms with Gasteiger partial charge in [-0.15, -0.1) is 0 Å². The number of benzene rings is 3. The number of amides is 2. The highest BCUT2D eigenvalue weighted by molar-refractivity contribution is 8.26. The van der Waals surface area contributed by atoms with Crippen LogP contribution in [0.1, 0.15) is 21.5 Å². The van der Waals surface area contributed by atoms with Gasteiger partial charge in [-0.2, -0.15) is 5.01 Å². The average molecular weight is 503 g/mol. The van der Waals surface area contributed by atoms with E-state index in [2.05, 4.69) is 12.0 Å². The number of hydrazine groups is 1. The molecule has 2 amide bonds. The third kappa shape index (κ3) is 6.38. The van der Waals surface area contributed by atoms with E-state index >= 15 is 0 Å². The van der Waals surface area contributed by atoms with Gasteiger partial charge in [0, 0.05) is 5.56 Å². The predicted molar refractivity (Wildman–Crippen MR) is 142 cm³/mol. The molecule has 1 N–H and O–H groups in total. The summed E-state index contributed by atoms with van der Waals surface area (Å²) in [5, 5.41) is 1.09. The zero-order chi connectivity index (χ0) is 24.6. The second-order valence-electron chi connectivity index (χ2n) is 7.43. The molecule has 1 fully saturated rings. The van der Waals surface area contributed by atoms with Crippen molar-refractivity contribution in [1.82, 2.24) is 10.4 Å². The maximum atomic E-state index is 12.8. The number of rotatable bonds is 9. The quantitative estimate of drug-likeness (QED) is 0.241. The molecule has 176 valence electrons. The number of nitrogens with one attached hydrogen (secondary N) is 1.